The molecule has 8 nitrogen and oxygen atoms in total. The smallest absolute Gasteiger partial charge is 0.357 e. The zero-order valence-corrected chi connectivity index (χ0v) is 18.1. The number of amides is 1. The maximum Gasteiger partial charge on any atom is 0.357 e. The van der Waals surface area contributed by atoms with Crippen LogP contribution in [0.2, 0.25) is 0 Å². The highest BCUT2D eigenvalue weighted by molar-refractivity contribution is 6.13. The van der Waals surface area contributed by atoms with Crippen LogP contribution in [0.1, 0.15) is 58.5 Å². The number of ether oxygens (including phenoxy) is 1. The van der Waals surface area contributed by atoms with Crippen LogP contribution in [0.3, 0.4) is 0 Å². The number of rotatable bonds is 5. The van der Waals surface area contributed by atoms with E-state index in [2.05, 4.69) is 4.98 Å². The average molecular weight is 439 g/mol. The Hall–Kier alpha value is -3.75. The zero-order chi connectivity index (χ0) is 23.2. The Morgan fingerprint density at radius 1 is 1.22 bits per heavy atom. The predicted octanol–water partition coefficient (Wildman–Crippen LogP) is 3.78. The number of carbonyl (C=O) groups is 2. The van der Waals surface area contributed by atoms with Crippen molar-refractivity contribution < 1.29 is 23.2 Å². The minimum Gasteiger partial charge on any atom is -0.461 e. The Kier molecular flexibility index (Phi) is 5.41. The summed E-state index contributed by atoms with van der Waals surface area (Å²) in [6.07, 6.45) is 0.474. The third kappa shape index (κ3) is 3.30. The molecule has 166 valence electrons. The van der Waals surface area contributed by atoms with Crippen molar-refractivity contribution in [3.63, 3.8) is 0 Å². The third-order valence-electron chi connectivity index (χ3n) is 5.54. The SMILES string of the molecule is CCOC(=O)c1nc(F)cc2c1C(CC)N(c1ccc(-c3c(C)on(C)c3=O)cc1)C2=O. The topological polar surface area (TPSA) is 94.6 Å². The second kappa shape index (κ2) is 8.07. The van der Waals surface area contributed by atoms with E-state index >= 15 is 0 Å². The summed E-state index contributed by atoms with van der Waals surface area (Å²) in [5.74, 6) is -1.62. The molecule has 1 aliphatic rings. The molecule has 1 atom stereocenters. The Labute approximate surface area is 183 Å². The van der Waals surface area contributed by atoms with Gasteiger partial charge < -0.3 is 14.2 Å². The number of hydrogen-bond acceptors (Lipinski definition) is 6. The minimum atomic E-state index is -0.918. The summed E-state index contributed by atoms with van der Waals surface area (Å²) in [5, 5.41) is 0. The quantitative estimate of drug-likeness (QED) is 0.444. The Bertz CT molecular complexity index is 1280. The molecule has 32 heavy (non-hydrogen) atoms. The van der Waals surface area contributed by atoms with E-state index in [0.717, 1.165) is 10.8 Å². The van der Waals surface area contributed by atoms with Gasteiger partial charge in [0.1, 0.15) is 5.76 Å². The van der Waals surface area contributed by atoms with Crippen molar-refractivity contribution in [3.05, 3.63) is 69.2 Å². The van der Waals surface area contributed by atoms with Gasteiger partial charge in [-0.3, -0.25) is 9.59 Å². The number of carbonyl (C=O) groups excluding carboxylic acids is 2. The molecule has 3 heterocycles. The fourth-order valence-corrected chi connectivity index (χ4v) is 4.19. The molecule has 1 unspecified atom stereocenters. The highest BCUT2D eigenvalue weighted by Gasteiger charge is 2.41. The van der Waals surface area contributed by atoms with Crippen LogP contribution in [-0.4, -0.2) is 28.2 Å². The number of pyridine rings is 1. The largest absolute Gasteiger partial charge is 0.461 e. The first kappa shape index (κ1) is 21.5. The number of fused-ring (bicyclic) bond motifs is 1. The number of nitrogens with zero attached hydrogens (tertiary/aromatic N) is 3. The molecule has 1 amide bonds. The van der Waals surface area contributed by atoms with E-state index in [1.807, 2.05) is 6.92 Å². The van der Waals surface area contributed by atoms with Gasteiger partial charge in [-0.25, -0.2) is 9.78 Å². The first-order valence-electron chi connectivity index (χ1n) is 10.3. The molecule has 0 saturated heterocycles. The lowest BCUT2D eigenvalue weighted by atomic mass is 10.0. The van der Waals surface area contributed by atoms with E-state index in [0.29, 0.717) is 34.6 Å². The summed E-state index contributed by atoms with van der Waals surface area (Å²) in [6.45, 7) is 5.32. The highest BCUT2D eigenvalue weighted by Crippen LogP contribution is 2.41. The van der Waals surface area contributed by atoms with Crippen molar-refractivity contribution in [2.45, 2.75) is 33.2 Å². The van der Waals surface area contributed by atoms with Crippen LogP contribution >= 0.6 is 0 Å². The van der Waals surface area contributed by atoms with Crippen molar-refractivity contribution in [2.24, 2.45) is 7.05 Å². The van der Waals surface area contributed by atoms with Crippen LogP contribution in [0.5, 0.6) is 0 Å². The fourth-order valence-electron chi connectivity index (χ4n) is 4.19. The van der Waals surface area contributed by atoms with E-state index in [-0.39, 0.29) is 23.4 Å². The third-order valence-corrected chi connectivity index (χ3v) is 5.54. The molecule has 0 fully saturated rings. The molecule has 9 heteroatoms. The van der Waals surface area contributed by atoms with Gasteiger partial charge in [-0.05, 0) is 38.0 Å². The lowest BCUT2D eigenvalue weighted by Gasteiger charge is -2.25. The second-order valence-electron chi connectivity index (χ2n) is 7.45. The van der Waals surface area contributed by atoms with Gasteiger partial charge in [-0.2, -0.15) is 9.13 Å². The molecular formula is C23H22FN3O5. The molecule has 3 aromatic rings. The highest BCUT2D eigenvalue weighted by atomic mass is 19.1. The van der Waals surface area contributed by atoms with Crippen molar-refractivity contribution in [2.75, 3.05) is 11.5 Å². The molecular weight excluding hydrogens is 417 g/mol. The molecule has 0 aliphatic carbocycles. The van der Waals surface area contributed by atoms with Crippen molar-refractivity contribution in [1.29, 1.82) is 0 Å². The lowest BCUT2D eigenvalue weighted by Crippen LogP contribution is -2.27. The van der Waals surface area contributed by atoms with Crippen LogP contribution in [0, 0.1) is 12.9 Å². The molecule has 4 rings (SSSR count). The van der Waals surface area contributed by atoms with E-state index in [4.69, 9.17) is 9.26 Å². The van der Waals surface area contributed by atoms with E-state index < -0.39 is 23.9 Å². The zero-order valence-electron chi connectivity index (χ0n) is 18.1. The van der Waals surface area contributed by atoms with Crippen LogP contribution in [0.4, 0.5) is 10.1 Å². The second-order valence-corrected chi connectivity index (χ2v) is 7.45. The van der Waals surface area contributed by atoms with Gasteiger partial charge in [0.15, 0.2) is 5.69 Å². The number of aromatic nitrogens is 2. The standard InChI is InChI=1S/C23H22FN3O5/c1-5-16-19-15(11-17(24)25-20(19)23(30)31-6-2)21(28)27(16)14-9-7-13(8-10-14)18-12(3)32-26(4)22(18)29/h7-11,16H,5-6H2,1-4H3. The Morgan fingerprint density at radius 3 is 2.47 bits per heavy atom. The van der Waals surface area contributed by atoms with Crippen LogP contribution in [0.25, 0.3) is 11.1 Å². The van der Waals surface area contributed by atoms with Crippen molar-refractivity contribution in [3.8, 4) is 11.1 Å². The van der Waals surface area contributed by atoms with E-state index in [1.165, 1.54) is 11.9 Å². The monoisotopic (exact) mass is 439 g/mol. The van der Waals surface area contributed by atoms with Gasteiger partial charge in [0.05, 0.1) is 23.8 Å². The number of halogens is 1. The van der Waals surface area contributed by atoms with Gasteiger partial charge in [0, 0.05) is 24.4 Å². The van der Waals surface area contributed by atoms with Crippen molar-refractivity contribution >= 4 is 17.6 Å². The number of anilines is 1. The number of benzene rings is 1. The van der Waals surface area contributed by atoms with Crippen LogP contribution in [-0.2, 0) is 11.8 Å². The predicted molar refractivity (Wildman–Crippen MR) is 114 cm³/mol. The van der Waals surface area contributed by atoms with Gasteiger partial charge in [-0.1, -0.05) is 19.1 Å². The summed E-state index contributed by atoms with van der Waals surface area (Å²) in [6, 6.07) is 7.41. The minimum absolute atomic E-state index is 0.0935. The van der Waals surface area contributed by atoms with E-state index in [1.54, 1.807) is 38.1 Å². The first-order chi connectivity index (χ1) is 15.3. The average Bonchev–Trinajstić information content (AvgIpc) is 3.19. The van der Waals surface area contributed by atoms with Gasteiger partial charge >= 0.3 is 5.97 Å². The Morgan fingerprint density at radius 2 is 1.91 bits per heavy atom. The molecule has 0 radical (unpaired) electrons. The molecule has 2 aromatic heterocycles. The van der Waals surface area contributed by atoms with E-state index in [9.17, 15) is 18.8 Å². The summed E-state index contributed by atoms with van der Waals surface area (Å²) >= 11 is 0. The normalized spacial score (nSPS) is 15.2. The summed E-state index contributed by atoms with van der Waals surface area (Å²) in [5.41, 5.74) is 1.66. The van der Waals surface area contributed by atoms with Gasteiger partial charge in [0.2, 0.25) is 5.95 Å². The number of hydrogen-bond donors (Lipinski definition) is 0. The summed E-state index contributed by atoms with van der Waals surface area (Å²) < 4.78 is 25.7. The van der Waals surface area contributed by atoms with Crippen LogP contribution < -0.4 is 10.5 Å². The first-order valence-corrected chi connectivity index (χ1v) is 10.3. The molecule has 0 saturated carbocycles. The van der Waals surface area contributed by atoms with Gasteiger partial charge in [-0.15, -0.1) is 0 Å². The summed E-state index contributed by atoms with van der Waals surface area (Å²) in [4.78, 5) is 43.2. The lowest BCUT2D eigenvalue weighted by molar-refractivity contribution is 0.0516. The molecule has 0 N–H and O–H groups in total. The van der Waals surface area contributed by atoms with Crippen molar-refractivity contribution in [1.82, 2.24) is 9.72 Å². The molecule has 0 spiro atoms. The number of esters is 1. The maximum absolute atomic E-state index is 14.1. The maximum atomic E-state index is 14.1. The molecule has 0 bridgehead atoms. The van der Waals surface area contributed by atoms with Crippen LogP contribution in [0.15, 0.2) is 39.6 Å². The molecule has 1 aromatic carbocycles. The van der Waals surface area contributed by atoms with Gasteiger partial charge in [0.25, 0.3) is 11.5 Å². The number of aryl methyl sites for hydroxylation is 2. The fraction of sp³-hybridized carbons (Fsp3) is 0.304. The summed E-state index contributed by atoms with van der Waals surface area (Å²) in [7, 11) is 1.54. The Balaban J connectivity index is 1.77. The molecule has 1 aliphatic heterocycles.